The first-order valence-corrected chi connectivity index (χ1v) is 13.8. The number of nitrogens with one attached hydrogen (secondary N) is 1. The predicted octanol–water partition coefficient (Wildman–Crippen LogP) is 5.89. The van der Waals surface area contributed by atoms with Gasteiger partial charge in [-0.1, -0.05) is 72.8 Å². The van der Waals surface area contributed by atoms with E-state index in [2.05, 4.69) is 48.3 Å². The van der Waals surface area contributed by atoms with Crippen LogP contribution in [0.5, 0.6) is 0 Å². The molecule has 0 bridgehead atoms. The fourth-order valence-electron chi connectivity index (χ4n) is 5.15. The summed E-state index contributed by atoms with van der Waals surface area (Å²) < 4.78 is 0. The van der Waals surface area contributed by atoms with Crippen molar-refractivity contribution in [1.82, 2.24) is 10.2 Å². The lowest BCUT2D eigenvalue weighted by molar-refractivity contribution is -0.114. The fourth-order valence-corrected chi connectivity index (χ4v) is 6.21. The number of thioether (sulfide) groups is 1. The zero-order valence-electron chi connectivity index (χ0n) is 21.4. The monoisotopic (exact) mass is 511 g/mol. The third-order valence-corrected chi connectivity index (χ3v) is 8.21. The van der Waals surface area contributed by atoms with Crippen molar-refractivity contribution in [2.45, 2.75) is 44.2 Å². The van der Waals surface area contributed by atoms with Crippen LogP contribution in [-0.4, -0.2) is 42.4 Å². The summed E-state index contributed by atoms with van der Waals surface area (Å²) in [5.41, 5.74) is 4.75. The number of likely N-dealkylation sites (N-methyl/N-ethyl adjacent to an activating group) is 1. The molecule has 3 aromatic rings. The molecule has 0 aromatic heterocycles. The second-order valence-corrected chi connectivity index (χ2v) is 10.8. The number of likely N-dealkylation sites (tertiary alicyclic amines) is 1. The molecule has 2 heterocycles. The highest BCUT2D eigenvalue weighted by molar-refractivity contribution is 8.04. The third-order valence-electron chi connectivity index (χ3n) is 7.13. The molecule has 0 spiro atoms. The molecule has 5 nitrogen and oxygen atoms in total. The van der Waals surface area contributed by atoms with Gasteiger partial charge in [-0.05, 0) is 74.3 Å². The van der Waals surface area contributed by atoms with E-state index in [1.54, 1.807) is 0 Å². The molecule has 0 radical (unpaired) electrons. The maximum Gasteiger partial charge on any atom is 0.265 e. The van der Waals surface area contributed by atoms with Gasteiger partial charge in [-0.25, -0.2) is 0 Å². The van der Waals surface area contributed by atoms with Crippen LogP contribution in [0.4, 0.5) is 5.69 Å². The van der Waals surface area contributed by atoms with Crippen molar-refractivity contribution in [2.75, 3.05) is 24.5 Å². The lowest BCUT2D eigenvalue weighted by Crippen LogP contribution is -2.40. The topological polar surface area (TPSA) is 52.7 Å². The molecule has 2 aliphatic heterocycles. The Kier molecular flexibility index (Phi) is 7.77. The molecule has 1 saturated heterocycles. The molecule has 1 N–H and O–H groups in total. The van der Waals surface area contributed by atoms with Gasteiger partial charge in [0.15, 0.2) is 0 Å². The lowest BCUT2D eigenvalue weighted by Gasteiger charge is -2.30. The molecule has 0 aliphatic carbocycles. The van der Waals surface area contributed by atoms with Gasteiger partial charge in [0.1, 0.15) is 0 Å². The summed E-state index contributed by atoms with van der Waals surface area (Å²) in [4.78, 5) is 32.3. The molecule has 1 atom stereocenters. The minimum atomic E-state index is -0.0523. The number of aryl methyl sites for hydroxylation is 1. The van der Waals surface area contributed by atoms with Gasteiger partial charge >= 0.3 is 0 Å². The van der Waals surface area contributed by atoms with Crippen molar-refractivity contribution in [3.05, 3.63) is 100.0 Å². The first-order valence-electron chi connectivity index (χ1n) is 13.0. The highest BCUT2D eigenvalue weighted by Crippen LogP contribution is 2.42. The van der Waals surface area contributed by atoms with E-state index in [4.69, 9.17) is 0 Å². The maximum absolute atomic E-state index is 13.6. The second-order valence-electron chi connectivity index (χ2n) is 9.72. The van der Waals surface area contributed by atoms with Crippen molar-refractivity contribution < 1.29 is 9.59 Å². The summed E-state index contributed by atoms with van der Waals surface area (Å²) in [6.07, 6.45) is 4.25. The third kappa shape index (κ3) is 5.81. The Hall–Kier alpha value is -3.35. The van der Waals surface area contributed by atoms with E-state index in [0.29, 0.717) is 29.6 Å². The normalized spacial score (nSPS) is 18.8. The number of anilines is 1. The van der Waals surface area contributed by atoms with E-state index in [-0.39, 0.29) is 11.8 Å². The number of carbonyl (C=O) groups excluding carboxylic acids is 2. The summed E-state index contributed by atoms with van der Waals surface area (Å²) in [5.74, 6) is -0.0624. The van der Waals surface area contributed by atoms with Gasteiger partial charge in [0.2, 0.25) is 0 Å². The first-order chi connectivity index (χ1) is 18.0. The van der Waals surface area contributed by atoms with Gasteiger partial charge in [0.05, 0.1) is 17.1 Å². The molecule has 37 heavy (non-hydrogen) atoms. The summed E-state index contributed by atoms with van der Waals surface area (Å²) >= 11 is 1.50. The van der Waals surface area contributed by atoms with Crippen LogP contribution in [0.2, 0.25) is 0 Å². The zero-order valence-corrected chi connectivity index (χ0v) is 22.3. The molecular weight excluding hydrogens is 478 g/mol. The van der Waals surface area contributed by atoms with Crippen LogP contribution < -0.4 is 10.2 Å². The molecule has 2 aliphatic rings. The van der Waals surface area contributed by atoms with E-state index < -0.39 is 0 Å². The number of amides is 2. The van der Waals surface area contributed by atoms with Crippen LogP contribution in [0.25, 0.3) is 6.08 Å². The van der Waals surface area contributed by atoms with Crippen molar-refractivity contribution in [3.63, 3.8) is 0 Å². The fraction of sp³-hybridized carbons (Fsp3) is 0.290. The predicted molar refractivity (Wildman–Crippen MR) is 152 cm³/mol. The quantitative estimate of drug-likeness (QED) is 0.402. The van der Waals surface area contributed by atoms with Crippen molar-refractivity contribution >= 4 is 35.3 Å². The van der Waals surface area contributed by atoms with E-state index in [1.807, 2.05) is 59.5 Å². The Morgan fingerprint density at radius 2 is 1.89 bits per heavy atom. The van der Waals surface area contributed by atoms with Gasteiger partial charge in [-0.2, -0.15) is 0 Å². The van der Waals surface area contributed by atoms with Crippen LogP contribution in [0.3, 0.4) is 0 Å². The number of carbonyl (C=O) groups is 2. The van der Waals surface area contributed by atoms with Crippen LogP contribution in [0.15, 0.2) is 82.6 Å². The van der Waals surface area contributed by atoms with E-state index >= 15 is 0 Å². The van der Waals surface area contributed by atoms with Crippen LogP contribution >= 0.6 is 11.8 Å². The van der Waals surface area contributed by atoms with Gasteiger partial charge in [0.25, 0.3) is 11.8 Å². The number of hydrogen-bond acceptors (Lipinski definition) is 4. The van der Waals surface area contributed by atoms with E-state index in [1.165, 1.54) is 23.7 Å². The molecule has 0 saturated carbocycles. The molecule has 190 valence electrons. The highest BCUT2D eigenvalue weighted by Gasteiger charge is 2.29. The summed E-state index contributed by atoms with van der Waals surface area (Å²) in [6.45, 7) is 7.57. The van der Waals surface area contributed by atoms with Crippen LogP contribution in [0.1, 0.15) is 46.8 Å². The average Bonchev–Trinajstić information content (AvgIpc) is 3.38. The van der Waals surface area contributed by atoms with Crippen molar-refractivity contribution in [3.8, 4) is 0 Å². The highest BCUT2D eigenvalue weighted by atomic mass is 32.2. The first kappa shape index (κ1) is 25.3. The molecule has 0 unspecified atom stereocenters. The Bertz CT molecular complexity index is 1320. The van der Waals surface area contributed by atoms with E-state index in [9.17, 15) is 9.59 Å². The standard InChI is InChI=1S/C31H33N3O2S/c1-3-33-17-7-10-26(33)20-32-30(35)25-15-13-23(14-16-25)19-29-31(36)34(21-24-9-6-8-22(2)18-24)27-11-4-5-12-28(27)37-29/h4-6,8-9,11-16,18-19,26H,3,7,10,17,20-21H2,1-2H3,(H,32,35)/b29-19+/t26-/m0/s1. The number of para-hydroxylation sites is 1. The molecule has 6 heteroatoms. The van der Waals surface area contributed by atoms with E-state index in [0.717, 1.165) is 41.2 Å². The second kappa shape index (κ2) is 11.4. The number of nitrogens with zero attached hydrogens (tertiary/aromatic N) is 2. The Morgan fingerprint density at radius 3 is 2.68 bits per heavy atom. The average molecular weight is 512 g/mol. The Balaban J connectivity index is 1.31. The molecule has 3 aromatic carbocycles. The van der Waals surface area contributed by atoms with Gasteiger partial charge in [0, 0.05) is 23.0 Å². The van der Waals surface area contributed by atoms with Gasteiger partial charge in [-0.3, -0.25) is 14.5 Å². The molecule has 5 rings (SSSR count). The van der Waals surface area contributed by atoms with Crippen molar-refractivity contribution in [1.29, 1.82) is 0 Å². The SMILES string of the molecule is CCN1CCC[C@H]1CNC(=O)c1ccc(/C=C2/Sc3ccccc3N(Cc3cccc(C)c3)C2=O)cc1. The summed E-state index contributed by atoms with van der Waals surface area (Å²) in [6, 6.07) is 24.2. The summed E-state index contributed by atoms with van der Waals surface area (Å²) in [7, 11) is 0. The minimum Gasteiger partial charge on any atom is -0.350 e. The number of hydrogen-bond donors (Lipinski definition) is 1. The number of fused-ring (bicyclic) bond motifs is 1. The largest absolute Gasteiger partial charge is 0.350 e. The Morgan fingerprint density at radius 1 is 1.08 bits per heavy atom. The van der Waals surface area contributed by atoms with Gasteiger partial charge < -0.3 is 10.2 Å². The molecule has 2 amide bonds. The smallest absolute Gasteiger partial charge is 0.265 e. The van der Waals surface area contributed by atoms with Crippen molar-refractivity contribution in [2.24, 2.45) is 0 Å². The molecular formula is C31H33N3O2S. The summed E-state index contributed by atoms with van der Waals surface area (Å²) in [5, 5.41) is 3.10. The number of benzene rings is 3. The van der Waals surface area contributed by atoms with Crippen LogP contribution in [0, 0.1) is 6.92 Å². The van der Waals surface area contributed by atoms with Crippen LogP contribution in [-0.2, 0) is 11.3 Å². The van der Waals surface area contributed by atoms with Gasteiger partial charge in [-0.15, -0.1) is 0 Å². The lowest BCUT2D eigenvalue weighted by atomic mass is 10.1. The Labute approximate surface area is 223 Å². The zero-order chi connectivity index (χ0) is 25.8. The minimum absolute atomic E-state index is 0.0101. The maximum atomic E-state index is 13.6. The number of rotatable bonds is 7. The molecule has 1 fully saturated rings.